The summed E-state index contributed by atoms with van der Waals surface area (Å²) in [6, 6.07) is 8.34. The molecule has 104 valence electrons. The number of hydrogen-bond acceptors (Lipinski definition) is 3. The van der Waals surface area contributed by atoms with E-state index in [1.165, 1.54) is 30.3 Å². The van der Waals surface area contributed by atoms with Gasteiger partial charge in [0, 0.05) is 23.7 Å². The Hall–Kier alpha value is -1.14. The van der Waals surface area contributed by atoms with Gasteiger partial charge in [-0.05, 0) is 54.8 Å². The molecule has 0 aliphatic heterocycles. The Morgan fingerprint density at radius 3 is 2.42 bits per heavy atom. The third-order valence-electron chi connectivity index (χ3n) is 3.45. The van der Waals surface area contributed by atoms with Crippen LogP contribution in [0, 0.1) is 16.6 Å². The van der Waals surface area contributed by atoms with Gasteiger partial charge in [-0.25, -0.2) is 0 Å². The standard InChI is InChI=1S/C16H24N2S/c1-4-11-18(12-10-14(3)5-2)15-6-8-16(9-7-15)19-13-17/h6-9,14H,4-5,10-12H2,1-3H3. The fourth-order valence-electron chi connectivity index (χ4n) is 2.00. The molecule has 0 saturated carbocycles. The minimum absolute atomic E-state index is 0.785. The van der Waals surface area contributed by atoms with E-state index in [2.05, 4.69) is 43.2 Å². The Morgan fingerprint density at radius 2 is 1.89 bits per heavy atom. The van der Waals surface area contributed by atoms with Crippen molar-refractivity contribution in [3.63, 3.8) is 0 Å². The molecule has 1 aromatic carbocycles. The van der Waals surface area contributed by atoms with Crippen LogP contribution in [0.5, 0.6) is 0 Å². The summed E-state index contributed by atoms with van der Waals surface area (Å²) in [4.78, 5) is 3.47. The lowest BCUT2D eigenvalue weighted by Crippen LogP contribution is -2.26. The van der Waals surface area contributed by atoms with Crippen LogP contribution < -0.4 is 4.90 Å². The zero-order valence-electron chi connectivity index (χ0n) is 12.2. The van der Waals surface area contributed by atoms with Gasteiger partial charge in [-0.1, -0.05) is 27.2 Å². The lowest BCUT2D eigenvalue weighted by molar-refractivity contribution is 0.510. The molecule has 1 rings (SSSR count). The number of benzene rings is 1. The quantitative estimate of drug-likeness (QED) is 0.498. The molecule has 0 bridgehead atoms. The molecule has 0 aliphatic carbocycles. The van der Waals surface area contributed by atoms with E-state index in [4.69, 9.17) is 5.26 Å². The van der Waals surface area contributed by atoms with Gasteiger partial charge in [0.05, 0.1) is 0 Å². The van der Waals surface area contributed by atoms with E-state index in [9.17, 15) is 0 Å². The first-order chi connectivity index (χ1) is 9.21. The third kappa shape index (κ3) is 5.57. The zero-order valence-corrected chi connectivity index (χ0v) is 13.0. The molecule has 19 heavy (non-hydrogen) atoms. The average molecular weight is 276 g/mol. The number of rotatable bonds is 8. The monoisotopic (exact) mass is 276 g/mol. The lowest BCUT2D eigenvalue weighted by Gasteiger charge is -2.25. The first kappa shape index (κ1) is 15.9. The van der Waals surface area contributed by atoms with Crippen molar-refractivity contribution >= 4 is 17.4 Å². The van der Waals surface area contributed by atoms with Crippen molar-refractivity contribution in [2.45, 2.75) is 44.9 Å². The second-order valence-corrected chi connectivity index (χ2v) is 5.83. The Bertz CT molecular complexity index is 394. The van der Waals surface area contributed by atoms with Gasteiger partial charge in [-0.15, -0.1) is 0 Å². The van der Waals surface area contributed by atoms with E-state index in [1.807, 2.05) is 12.1 Å². The van der Waals surface area contributed by atoms with E-state index >= 15 is 0 Å². The molecule has 0 N–H and O–H groups in total. The highest BCUT2D eigenvalue weighted by Crippen LogP contribution is 2.22. The van der Waals surface area contributed by atoms with Gasteiger partial charge in [-0.3, -0.25) is 0 Å². The van der Waals surface area contributed by atoms with E-state index < -0.39 is 0 Å². The first-order valence-electron chi connectivity index (χ1n) is 7.12. The van der Waals surface area contributed by atoms with Crippen LogP contribution >= 0.6 is 11.8 Å². The van der Waals surface area contributed by atoms with Crippen LogP contribution in [-0.4, -0.2) is 13.1 Å². The highest BCUT2D eigenvalue weighted by molar-refractivity contribution is 8.03. The minimum Gasteiger partial charge on any atom is -0.372 e. The van der Waals surface area contributed by atoms with Crippen LogP contribution in [-0.2, 0) is 0 Å². The topological polar surface area (TPSA) is 27.0 Å². The van der Waals surface area contributed by atoms with Crippen LogP contribution in [0.15, 0.2) is 29.2 Å². The number of thiocyanates is 1. The van der Waals surface area contributed by atoms with E-state index in [-0.39, 0.29) is 0 Å². The minimum atomic E-state index is 0.785. The molecule has 0 aliphatic rings. The fourth-order valence-corrected chi connectivity index (χ4v) is 2.38. The number of nitrogens with zero attached hydrogens (tertiary/aromatic N) is 2. The van der Waals surface area contributed by atoms with Gasteiger partial charge >= 0.3 is 0 Å². The molecule has 0 amide bonds. The van der Waals surface area contributed by atoms with Crippen molar-refractivity contribution in [3.8, 4) is 5.40 Å². The highest BCUT2D eigenvalue weighted by atomic mass is 32.2. The van der Waals surface area contributed by atoms with Crippen LogP contribution in [0.2, 0.25) is 0 Å². The summed E-state index contributed by atoms with van der Waals surface area (Å²) < 4.78 is 0. The molecule has 1 aromatic rings. The summed E-state index contributed by atoms with van der Waals surface area (Å²) in [5.41, 5.74) is 1.27. The van der Waals surface area contributed by atoms with Gasteiger partial charge in [0.1, 0.15) is 5.40 Å². The predicted octanol–water partition coefficient (Wildman–Crippen LogP) is 4.91. The summed E-state index contributed by atoms with van der Waals surface area (Å²) in [5, 5.41) is 10.8. The number of hydrogen-bond donors (Lipinski definition) is 0. The van der Waals surface area contributed by atoms with Crippen molar-refractivity contribution in [2.75, 3.05) is 18.0 Å². The Labute approximate surface area is 121 Å². The second-order valence-electron chi connectivity index (χ2n) is 4.98. The smallest absolute Gasteiger partial charge is 0.138 e. The molecule has 0 heterocycles. The van der Waals surface area contributed by atoms with Crippen molar-refractivity contribution in [3.05, 3.63) is 24.3 Å². The molecular weight excluding hydrogens is 252 g/mol. The molecule has 1 unspecified atom stereocenters. The van der Waals surface area contributed by atoms with Gasteiger partial charge in [0.2, 0.25) is 0 Å². The summed E-state index contributed by atoms with van der Waals surface area (Å²) in [5.74, 6) is 0.785. The molecule has 0 fully saturated rings. The number of anilines is 1. The maximum Gasteiger partial charge on any atom is 0.138 e. The maximum absolute atomic E-state index is 8.66. The Balaban J connectivity index is 2.66. The van der Waals surface area contributed by atoms with Crippen LogP contribution in [0.4, 0.5) is 5.69 Å². The number of thioether (sulfide) groups is 1. The molecule has 0 spiro atoms. The summed E-state index contributed by atoms with van der Waals surface area (Å²) in [6.07, 6.45) is 3.65. The zero-order chi connectivity index (χ0) is 14.1. The van der Waals surface area contributed by atoms with Crippen molar-refractivity contribution in [1.29, 1.82) is 5.26 Å². The van der Waals surface area contributed by atoms with Crippen molar-refractivity contribution < 1.29 is 0 Å². The van der Waals surface area contributed by atoms with Gasteiger partial charge in [-0.2, -0.15) is 5.26 Å². The third-order valence-corrected chi connectivity index (χ3v) is 4.05. The predicted molar refractivity (Wildman–Crippen MR) is 84.5 cm³/mol. The van der Waals surface area contributed by atoms with Crippen LogP contribution in [0.3, 0.4) is 0 Å². The van der Waals surface area contributed by atoms with E-state index in [1.54, 1.807) is 0 Å². The van der Waals surface area contributed by atoms with Crippen molar-refractivity contribution in [1.82, 2.24) is 0 Å². The van der Waals surface area contributed by atoms with Gasteiger partial charge in [0.25, 0.3) is 0 Å². The average Bonchev–Trinajstić information content (AvgIpc) is 2.44. The fraction of sp³-hybridized carbons (Fsp3) is 0.562. The van der Waals surface area contributed by atoms with Gasteiger partial charge in [0.15, 0.2) is 0 Å². The number of nitriles is 1. The summed E-state index contributed by atoms with van der Waals surface area (Å²) >= 11 is 1.22. The molecule has 1 atom stereocenters. The lowest BCUT2D eigenvalue weighted by atomic mass is 10.0. The van der Waals surface area contributed by atoms with E-state index in [0.717, 1.165) is 30.3 Å². The molecule has 0 saturated heterocycles. The van der Waals surface area contributed by atoms with E-state index in [0.29, 0.717) is 0 Å². The highest BCUT2D eigenvalue weighted by Gasteiger charge is 2.07. The molecular formula is C16H24N2S. The molecule has 3 heteroatoms. The Morgan fingerprint density at radius 1 is 1.21 bits per heavy atom. The largest absolute Gasteiger partial charge is 0.372 e. The first-order valence-corrected chi connectivity index (χ1v) is 7.93. The van der Waals surface area contributed by atoms with Crippen LogP contribution in [0.1, 0.15) is 40.0 Å². The molecule has 0 radical (unpaired) electrons. The summed E-state index contributed by atoms with van der Waals surface area (Å²) in [7, 11) is 0. The second kappa shape index (κ2) is 8.87. The molecule has 0 aromatic heterocycles. The Kier molecular flexibility index (Phi) is 7.43. The van der Waals surface area contributed by atoms with Gasteiger partial charge < -0.3 is 4.90 Å². The molecule has 2 nitrogen and oxygen atoms in total. The van der Waals surface area contributed by atoms with Crippen molar-refractivity contribution in [2.24, 2.45) is 5.92 Å². The van der Waals surface area contributed by atoms with Crippen LogP contribution in [0.25, 0.3) is 0 Å². The maximum atomic E-state index is 8.66. The SMILES string of the molecule is CCCN(CCC(C)CC)c1ccc(SC#N)cc1. The normalized spacial score (nSPS) is 11.9. The summed E-state index contributed by atoms with van der Waals surface area (Å²) in [6.45, 7) is 9.00.